The number of benzene rings is 2. The number of nitrogens with one attached hydrogen (secondary N) is 2. The topological polar surface area (TPSA) is 80.0 Å². The van der Waals surface area contributed by atoms with Gasteiger partial charge in [-0.1, -0.05) is 67.9 Å². The maximum atomic E-state index is 12.3. The average molecular weight is 385 g/mol. The molecule has 3 rings (SSSR count). The van der Waals surface area contributed by atoms with E-state index in [9.17, 15) is 4.79 Å². The average Bonchev–Trinajstić information content (AvgIpc) is 3.15. The van der Waals surface area contributed by atoms with Crippen molar-refractivity contribution in [1.82, 2.24) is 20.8 Å². The Balaban J connectivity index is 1.87. The summed E-state index contributed by atoms with van der Waals surface area (Å²) in [6.07, 6.45) is 0. The van der Waals surface area contributed by atoms with Crippen molar-refractivity contribution in [3.05, 3.63) is 71.1 Å². The fraction of sp³-hybridized carbons (Fsp3) is 0.250. The molecule has 0 aliphatic heterocycles. The van der Waals surface area contributed by atoms with Crippen LogP contribution >= 0.6 is 11.6 Å². The molecule has 0 aliphatic carbocycles. The molecule has 0 fully saturated rings. The zero-order valence-electron chi connectivity index (χ0n) is 15.1. The van der Waals surface area contributed by atoms with Gasteiger partial charge in [-0.3, -0.25) is 0 Å². The van der Waals surface area contributed by atoms with Crippen LogP contribution in [0.25, 0.3) is 11.5 Å². The first kappa shape index (κ1) is 18.9. The highest BCUT2D eigenvalue weighted by Crippen LogP contribution is 2.29. The normalized spacial score (nSPS) is 12.0. The zero-order valence-corrected chi connectivity index (χ0v) is 15.9. The summed E-state index contributed by atoms with van der Waals surface area (Å²) in [6.45, 7) is 4.63. The summed E-state index contributed by atoms with van der Waals surface area (Å²) in [5, 5.41) is 14.5. The fourth-order valence-corrected chi connectivity index (χ4v) is 2.72. The molecule has 1 aromatic heterocycles. The number of hydrogen-bond donors (Lipinski definition) is 2. The van der Waals surface area contributed by atoms with Crippen LogP contribution in [0, 0.1) is 5.92 Å². The first-order chi connectivity index (χ1) is 13.0. The van der Waals surface area contributed by atoms with E-state index in [-0.39, 0.29) is 11.9 Å². The lowest BCUT2D eigenvalue weighted by molar-refractivity contribution is 0.235. The second-order valence-electron chi connectivity index (χ2n) is 6.52. The molecule has 2 aromatic carbocycles. The number of carbonyl (C=O) groups excluding carboxylic acids is 1. The Kier molecular flexibility index (Phi) is 6.08. The minimum atomic E-state index is -0.568. The van der Waals surface area contributed by atoms with Gasteiger partial charge in [0.15, 0.2) is 0 Å². The summed E-state index contributed by atoms with van der Waals surface area (Å²) >= 11 is 6.21. The molecule has 0 spiro atoms. The van der Waals surface area contributed by atoms with E-state index in [1.807, 2.05) is 56.3 Å². The van der Waals surface area contributed by atoms with Crippen molar-refractivity contribution in [3.63, 3.8) is 0 Å². The van der Waals surface area contributed by atoms with Crippen molar-refractivity contribution >= 4 is 17.6 Å². The van der Waals surface area contributed by atoms with Gasteiger partial charge < -0.3 is 15.1 Å². The summed E-state index contributed by atoms with van der Waals surface area (Å²) in [7, 11) is 0. The summed E-state index contributed by atoms with van der Waals surface area (Å²) in [4.78, 5) is 12.3. The second-order valence-corrected chi connectivity index (χ2v) is 6.92. The first-order valence-electron chi connectivity index (χ1n) is 8.72. The van der Waals surface area contributed by atoms with Crippen LogP contribution in [0.2, 0.25) is 5.02 Å². The number of carbonyl (C=O) groups is 1. The molecule has 140 valence electrons. The van der Waals surface area contributed by atoms with Gasteiger partial charge in [-0.15, -0.1) is 10.2 Å². The van der Waals surface area contributed by atoms with E-state index in [0.717, 1.165) is 5.56 Å². The highest BCUT2D eigenvalue weighted by Gasteiger charge is 2.23. The highest BCUT2D eigenvalue weighted by molar-refractivity contribution is 6.33. The Morgan fingerprint density at radius 2 is 1.78 bits per heavy atom. The van der Waals surface area contributed by atoms with Gasteiger partial charge in [0.05, 0.1) is 10.6 Å². The van der Waals surface area contributed by atoms with E-state index in [4.69, 9.17) is 16.0 Å². The molecule has 3 aromatic rings. The predicted octanol–water partition coefficient (Wildman–Crippen LogP) is 4.43. The maximum Gasteiger partial charge on any atom is 0.315 e. The summed E-state index contributed by atoms with van der Waals surface area (Å²) in [6, 6.07) is 15.9. The molecule has 1 atom stereocenters. The molecular weight excluding hydrogens is 364 g/mol. The van der Waals surface area contributed by atoms with Gasteiger partial charge in [-0.25, -0.2) is 4.79 Å². The van der Waals surface area contributed by atoms with Crippen molar-refractivity contribution < 1.29 is 9.21 Å². The van der Waals surface area contributed by atoms with Gasteiger partial charge >= 0.3 is 6.03 Å². The number of aromatic nitrogens is 2. The van der Waals surface area contributed by atoms with Crippen molar-refractivity contribution in [2.24, 2.45) is 5.92 Å². The van der Waals surface area contributed by atoms with Crippen molar-refractivity contribution in [2.45, 2.75) is 19.9 Å². The fourth-order valence-electron chi connectivity index (χ4n) is 2.51. The number of nitrogens with zero attached hydrogens (tertiary/aromatic N) is 2. The SMILES string of the molecule is CC(C)CNC(=O)N[C@@H](c1ccccc1)c1nnc(-c2ccccc2Cl)o1. The molecule has 0 saturated carbocycles. The Morgan fingerprint density at radius 3 is 2.48 bits per heavy atom. The van der Waals surface area contributed by atoms with Crippen LogP contribution in [0.4, 0.5) is 4.79 Å². The third-order valence-electron chi connectivity index (χ3n) is 3.87. The largest absolute Gasteiger partial charge is 0.418 e. The van der Waals surface area contributed by atoms with Gasteiger partial charge in [0.1, 0.15) is 6.04 Å². The molecular formula is C20H21ClN4O2. The maximum absolute atomic E-state index is 12.3. The lowest BCUT2D eigenvalue weighted by atomic mass is 10.1. The third-order valence-corrected chi connectivity index (χ3v) is 4.20. The molecule has 7 heteroatoms. The smallest absolute Gasteiger partial charge is 0.315 e. The quantitative estimate of drug-likeness (QED) is 0.658. The number of rotatable bonds is 6. The lowest BCUT2D eigenvalue weighted by Gasteiger charge is -2.17. The van der Waals surface area contributed by atoms with E-state index >= 15 is 0 Å². The minimum Gasteiger partial charge on any atom is -0.418 e. The molecule has 0 aliphatic rings. The summed E-state index contributed by atoms with van der Waals surface area (Å²) in [5.41, 5.74) is 1.49. The van der Waals surface area contributed by atoms with Crippen LogP contribution < -0.4 is 10.6 Å². The predicted molar refractivity (Wildman–Crippen MR) is 104 cm³/mol. The zero-order chi connectivity index (χ0) is 19.2. The Hall–Kier alpha value is -2.86. The van der Waals surface area contributed by atoms with E-state index in [1.54, 1.807) is 12.1 Å². The molecule has 0 unspecified atom stereocenters. The second kappa shape index (κ2) is 8.68. The monoisotopic (exact) mass is 384 g/mol. The Morgan fingerprint density at radius 1 is 1.07 bits per heavy atom. The molecule has 2 N–H and O–H groups in total. The van der Waals surface area contributed by atoms with Gasteiger partial charge in [-0.2, -0.15) is 0 Å². The van der Waals surface area contributed by atoms with Crippen LogP contribution in [-0.4, -0.2) is 22.8 Å². The molecule has 0 bridgehead atoms. The number of urea groups is 1. The van der Waals surface area contributed by atoms with Gasteiger partial charge in [0.2, 0.25) is 11.8 Å². The number of halogens is 1. The molecule has 6 nitrogen and oxygen atoms in total. The Bertz CT molecular complexity index is 896. The van der Waals surface area contributed by atoms with Gasteiger partial charge in [0, 0.05) is 6.54 Å². The Labute approximate surface area is 163 Å². The molecule has 2 amide bonds. The molecule has 1 heterocycles. The number of hydrogen-bond acceptors (Lipinski definition) is 4. The van der Waals surface area contributed by atoms with Crippen LogP contribution in [0.3, 0.4) is 0 Å². The third kappa shape index (κ3) is 4.86. The minimum absolute atomic E-state index is 0.288. The summed E-state index contributed by atoms with van der Waals surface area (Å²) in [5.74, 6) is 0.942. The van der Waals surface area contributed by atoms with Crippen molar-refractivity contribution in [1.29, 1.82) is 0 Å². The van der Waals surface area contributed by atoms with Crippen molar-refractivity contribution in [2.75, 3.05) is 6.54 Å². The van der Waals surface area contributed by atoms with Crippen LogP contribution in [-0.2, 0) is 0 Å². The highest BCUT2D eigenvalue weighted by atomic mass is 35.5. The first-order valence-corrected chi connectivity index (χ1v) is 9.10. The molecule has 0 radical (unpaired) electrons. The van der Waals surface area contributed by atoms with Gasteiger partial charge in [0.25, 0.3) is 0 Å². The lowest BCUT2D eigenvalue weighted by Crippen LogP contribution is -2.40. The van der Waals surface area contributed by atoms with Gasteiger partial charge in [-0.05, 0) is 23.6 Å². The van der Waals surface area contributed by atoms with Crippen LogP contribution in [0.15, 0.2) is 59.0 Å². The van der Waals surface area contributed by atoms with E-state index in [1.165, 1.54) is 0 Å². The van der Waals surface area contributed by atoms with E-state index < -0.39 is 6.04 Å². The van der Waals surface area contributed by atoms with E-state index in [2.05, 4.69) is 20.8 Å². The standard InChI is InChI=1S/C20H21ClN4O2/c1-13(2)12-22-20(26)23-17(14-8-4-3-5-9-14)19-25-24-18(27-19)15-10-6-7-11-16(15)21/h3-11,13,17H,12H2,1-2H3,(H2,22,23,26)/t17-/m0/s1. The van der Waals surface area contributed by atoms with E-state index in [0.29, 0.717) is 28.9 Å². The molecule has 27 heavy (non-hydrogen) atoms. The van der Waals surface area contributed by atoms with Crippen LogP contribution in [0.5, 0.6) is 0 Å². The molecule has 0 saturated heterocycles. The summed E-state index contributed by atoms with van der Waals surface area (Å²) < 4.78 is 5.84. The van der Waals surface area contributed by atoms with Crippen molar-refractivity contribution in [3.8, 4) is 11.5 Å². The van der Waals surface area contributed by atoms with Crippen LogP contribution in [0.1, 0.15) is 31.3 Å². The number of amides is 2.